The summed E-state index contributed by atoms with van der Waals surface area (Å²) in [6.07, 6.45) is 4.08. The lowest BCUT2D eigenvalue weighted by Gasteiger charge is -2.12. The molecule has 6 heteroatoms. The van der Waals surface area contributed by atoms with Crippen molar-refractivity contribution in [3.63, 3.8) is 0 Å². The number of nitrogens with one attached hydrogen (secondary N) is 1. The van der Waals surface area contributed by atoms with Crippen molar-refractivity contribution in [3.05, 3.63) is 89.5 Å². The van der Waals surface area contributed by atoms with Crippen LogP contribution >= 0.6 is 0 Å². The molecule has 0 aliphatic carbocycles. The van der Waals surface area contributed by atoms with Crippen LogP contribution in [0.1, 0.15) is 23.6 Å². The van der Waals surface area contributed by atoms with Crippen LogP contribution in [-0.2, 0) is 0 Å². The van der Waals surface area contributed by atoms with Gasteiger partial charge in [-0.15, -0.1) is 5.11 Å². The molecule has 6 nitrogen and oxygen atoms in total. The van der Waals surface area contributed by atoms with Crippen molar-refractivity contribution in [2.75, 3.05) is 18.9 Å². The Balaban J connectivity index is 1.53. The van der Waals surface area contributed by atoms with Crippen LogP contribution in [0, 0.1) is 6.92 Å². The first-order valence-corrected chi connectivity index (χ1v) is 11.2. The first kappa shape index (κ1) is 22.9. The van der Waals surface area contributed by atoms with Crippen molar-refractivity contribution in [1.29, 1.82) is 0 Å². The zero-order chi connectivity index (χ0) is 23.9. The maximum atomic E-state index is 11.0. The molecule has 0 radical (unpaired) electrons. The predicted octanol–water partition coefficient (Wildman–Crippen LogP) is 8.58. The van der Waals surface area contributed by atoms with Crippen molar-refractivity contribution < 1.29 is 5.11 Å². The third kappa shape index (κ3) is 5.18. The number of rotatable bonds is 7. The van der Waals surface area contributed by atoms with Gasteiger partial charge in [0, 0.05) is 24.7 Å². The zero-order valence-electron chi connectivity index (χ0n) is 19.5. The molecule has 4 rings (SSSR count). The van der Waals surface area contributed by atoms with E-state index in [-0.39, 0.29) is 5.75 Å². The molecule has 4 aromatic carbocycles. The Bertz CT molecular complexity index is 1370. The summed E-state index contributed by atoms with van der Waals surface area (Å²) >= 11 is 0. The molecule has 0 saturated heterocycles. The average molecular weight is 450 g/mol. The molecule has 0 amide bonds. The van der Waals surface area contributed by atoms with Gasteiger partial charge >= 0.3 is 0 Å². The van der Waals surface area contributed by atoms with Gasteiger partial charge in [0.2, 0.25) is 0 Å². The van der Waals surface area contributed by atoms with Gasteiger partial charge in [-0.2, -0.15) is 15.3 Å². The van der Waals surface area contributed by atoms with E-state index in [0.717, 1.165) is 45.4 Å². The number of hydrogen-bond acceptors (Lipinski definition) is 6. The lowest BCUT2D eigenvalue weighted by atomic mass is 10.0. The molecular formula is C28H27N5O. The molecule has 0 saturated carbocycles. The maximum Gasteiger partial charge on any atom is 0.153 e. The molecule has 0 fully saturated rings. The predicted molar refractivity (Wildman–Crippen MR) is 141 cm³/mol. The third-order valence-electron chi connectivity index (χ3n) is 5.41. The van der Waals surface area contributed by atoms with Crippen LogP contribution in [0.3, 0.4) is 0 Å². The molecule has 0 aliphatic rings. The molecule has 0 aromatic heterocycles. The zero-order valence-corrected chi connectivity index (χ0v) is 19.5. The molecule has 0 aliphatic heterocycles. The first-order chi connectivity index (χ1) is 16.6. The standard InChI is InChI=1S/C28H27N5O/c1-4-30-25-7-5-6-22-18-19(2)27(28(34)26(22)25)33-32-24-16-12-21(13-17-24)9-8-20-10-14-23(15-11-20)31-29-3/h5-18,30,34H,4H2,1-3H3. The summed E-state index contributed by atoms with van der Waals surface area (Å²) in [5, 5.41) is 32.5. The van der Waals surface area contributed by atoms with Gasteiger partial charge in [0.15, 0.2) is 5.75 Å². The molecule has 0 unspecified atom stereocenters. The van der Waals surface area contributed by atoms with E-state index in [1.807, 2.05) is 98.8 Å². The van der Waals surface area contributed by atoms with Gasteiger partial charge in [-0.3, -0.25) is 0 Å². The second kappa shape index (κ2) is 10.5. The van der Waals surface area contributed by atoms with E-state index in [1.165, 1.54) is 0 Å². The van der Waals surface area contributed by atoms with Gasteiger partial charge in [-0.25, -0.2) is 0 Å². The fourth-order valence-corrected chi connectivity index (χ4v) is 3.75. The number of hydrogen-bond donors (Lipinski definition) is 2. The molecule has 0 spiro atoms. The molecule has 0 atom stereocenters. The smallest absolute Gasteiger partial charge is 0.153 e. The Labute approximate surface area is 199 Å². The van der Waals surface area contributed by atoms with E-state index in [1.54, 1.807) is 7.05 Å². The third-order valence-corrected chi connectivity index (χ3v) is 5.41. The number of phenolic OH excluding ortho intramolecular Hbond substituents is 1. The van der Waals surface area contributed by atoms with Crippen LogP contribution in [0.25, 0.3) is 22.9 Å². The highest BCUT2D eigenvalue weighted by atomic mass is 16.3. The maximum absolute atomic E-state index is 11.0. The fourth-order valence-electron chi connectivity index (χ4n) is 3.75. The van der Waals surface area contributed by atoms with Crippen molar-refractivity contribution in [3.8, 4) is 5.75 Å². The van der Waals surface area contributed by atoms with Crippen LogP contribution in [0.5, 0.6) is 5.75 Å². The Morgan fingerprint density at radius 1 is 0.824 bits per heavy atom. The molecular weight excluding hydrogens is 422 g/mol. The number of fused-ring (bicyclic) bond motifs is 1. The van der Waals surface area contributed by atoms with Gasteiger partial charge in [0.1, 0.15) is 5.69 Å². The molecule has 34 heavy (non-hydrogen) atoms. The summed E-state index contributed by atoms with van der Waals surface area (Å²) in [4.78, 5) is 0. The number of azo groups is 2. The topological polar surface area (TPSA) is 81.7 Å². The highest BCUT2D eigenvalue weighted by Crippen LogP contribution is 2.42. The SMILES string of the molecule is CCNc1cccc2cc(C)c(N=Nc3ccc(C=Cc4ccc(N=NC)cc4)cc3)c(O)c12. The van der Waals surface area contributed by atoms with Crippen LogP contribution in [0.2, 0.25) is 0 Å². The fraction of sp³-hybridized carbons (Fsp3) is 0.143. The van der Waals surface area contributed by atoms with E-state index >= 15 is 0 Å². The molecule has 170 valence electrons. The van der Waals surface area contributed by atoms with Gasteiger partial charge in [0.25, 0.3) is 0 Å². The van der Waals surface area contributed by atoms with Gasteiger partial charge in [-0.1, -0.05) is 48.6 Å². The highest BCUT2D eigenvalue weighted by molar-refractivity contribution is 6.02. The largest absolute Gasteiger partial charge is 0.505 e. The van der Waals surface area contributed by atoms with Gasteiger partial charge < -0.3 is 10.4 Å². The first-order valence-electron chi connectivity index (χ1n) is 11.2. The normalized spacial score (nSPS) is 11.9. The minimum absolute atomic E-state index is 0.140. The van der Waals surface area contributed by atoms with Crippen LogP contribution in [0.15, 0.2) is 93.3 Å². The van der Waals surface area contributed by atoms with Crippen molar-refractivity contribution in [2.24, 2.45) is 20.5 Å². The molecule has 0 heterocycles. The summed E-state index contributed by atoms with van der Waals surface area (Å²) in [7, 11) is 1.66. The summed E-state index contributed by atoms with van der Waals surface area (Å²) in [6, 6.07) is 23.6. The Morgan fingerprint density at radius 2 is 1.44 bits per heavy atom. The second-order valence-electron chi connectivity index (χ2n) is 7.84. The van der Waals surface area contributed by atoms with E-state index in [9.17, 15) is 5.11 Å². The Kier molecular flexibility index (Phi) is 7.08. The molecule has 4 aromatic rings. The monoisotopic (exact) mass is 449 g/mol. The number of benzene rings is 4. The van der Waals surface area contributed by atoms with Crippen molar-refractivity contribution in [1.82, 2.24) is 0 Å². The highest BCUT2D eigenvalue weighted by Gasteiger charge is 2.13. The summed E-state index contributed by atoms with van der Waals surface area (Å²) in [6.45, 7) is 4.72. The minimum atomic E-state index is 0.140. The number of anilines is 1. The van der Waals surface area contributed by atoms with E-state index in [0.29, 0.717) is 11.4 Å². The number of aromatic hydroxyl groups is 1. The quantitative estimate of drug-likeness (QED) is 0.219. The van der Waals surface area contributed by atoms with E-state index in [2.05, 4.69) is 25.8 Å². The van der Waals surface area contributed by atoms with E-state index in [4.69, 9.17) is 0 Å². The summed E-state index contributed by atoms with van der Waals surface area (Å²) < 4.78 is 0. The Morgan fingerprint density at radius 3 is 2.03 bits per heavy atom. The lowest BCUT2D eigenvalue weighted by Crippen LogP contribution is -1.97. The lowest BCUT2D eigenvalue weighted by molar-refractivity contribution is 0.482. The summed E-state index contributed by atoms with van der Waals surface area (Å²) in [5.74, 6) is 0.140. The average Bonchev–Trinajstić information content (AvgIpc) is 2.84. The second-order valence-corrected chi connectivity index (χ2v) is 7.84. The molecule has 0 bridgehead atoms. The minimum Gasteiger partial charge on any atom is -0.505 e. The van der Waals surface area contributed by atoms with Gasteiger partial charge in [0.05, 0.1) is 11.4 Å². The van der Waals surface area contributed by atoms with E-state index < -0.39 is 0 Å². The van der Waals surface area contributed by atoms with Crippen molar-refractivity contribution in [2.45, 2.75) is 13.8 Å². The van der Waals surface area contributed by atoms with Crippen LogP contribution < -0.4 is 5.32 Å². The van der Waals surface area contributed by atoms with Gasteiger partial charge in [-0.05, 0) is 72.3 Å². The molecule has 2 N–H and O–H groups in total. The van der Waals surface area contributed by atoms with Crippen LogP contribution in [0.4, 0.5) is 22.7 Å². The number of nitrogens with zero attached hydrogens (tertiary/aromatic N) is 4. The number of phenols is 1. The summed E-state index contributed by atoms with van der Waals surface area (Å²) in [5.41, 5.74) is 5.91. The Hall–Kier alpha value is -4.32. The van der Waals surface area contributed by atoms with Crippen molar-refractivity contribution >= 4 is 45.7 Å². The van der Waals surface area contributed by atoms with Crippen LogP contribution in [-0.4, -0.2) is 18.7 Å². The number of aryl methyl sites for hydroxylation is 1.